The Kier molecular flexibility index (Phi) is 5.39. The monoisotopic (exact) mass is 380 g/mol. The Bertz CT molecular complexity index is 885. The quantitative estimate of drug-likeness (QED) is 0.722. The second kappa shape index (κ2) is 7.53. The van der Waals surface area contributed by atoms with E-state index in [4.69, 9.17) is 14.4 Å². The summed E-state index contributed by atoms with van der Waals surface area (Å²) in [6, 6.07) is 8.46. The van der Waals surface area contributed by atoms with Gasteiger partial charge in [0.2, 0.25) is 15.9 Å². The van der Waals surface area contributed by atoms with Crippen molar-refractivity contribution < 1.29 is 17.6 Å². The van der Waals surface area contributed by atoms with Gasteiger partial charge < -0.3 is 9.15 Å². The van der Waals surface area contributed by atoms with Crippen LogP contribution in [0.2, 0.25) is 0 Å². The molecule has 1 aliphatic rings. The van der Waals surface area contributed by atoms with E-state index in [9.17, 15) is 8.42 Å². The van der Waals surface area contributed by atoms with Crippen molar-refractivity contribution >= 4 is 21.8 Å². The topological polar surface area (TPSA) is 109 Å². The van der Waals surface area contributed by atoms with E-state index >= 15 is 0 Å². The van der Waals surface area contributed by atoms with Crippen LogP contribution in [0.15, 0.2) is 38.8 Å². The smallest absolute Gasteiger partial charge is 0.278 e. The van der Waals surface area contributed by atoms with Crippen molar-refractivity contribution in [3.05, 3.63) is 24.3 Å². The van der Waals surface area contributed by atoms with Crippen LogP contribution in [0.3, 0.4) is 0 Å². The third-order valence-electron chi connectivity index (χ3n) is 3.55. The Morgan fingerprint density at radius 2 is 2.08 bits per heavy atom. The van der Waals surface area contributed by atoms with Gasteiger partial charge in [-0.1, -0.05) is 6.07 Å². The lowest BCUT2D eigenvalue weighted by molar-refractivity contribution is 0.0730. The molecule has 132 valence electrons. The lowest BCUT2D eigenvalue weighted by Gasteiger charge is -2.26. The van der Waals surface area contributed by atoms with Gasteiger partial charge in [-0.05, 0) is 36.9 Å². The first-order chi connectivity index (χ1) is 12.0. The second-order valence-corrected chi connectivity index (χ2v) is 8.54. The molecule has 10 heteroatoms. The molecule has 1 aromatic heterocycles. The van der Waals surface area contributed by atoms with Crippen molar-refractivity contribution in [3.8, 4) is 17.5 Å². The molecule has 0 saturated carbocycles. The predicted molar refractivity (Wildman–Crippen MR) is 90.2 cm³/mol. The highest BCUT2D eigenvalue weighted by molar-refractivity contribution is 7.99. The highest BCUT2D eigenvalue weighted by Crippen LogP contribution is 2.28. The molecule has 1 saturated heterocycles. The van der Waals surface area contributed by atoms with Crippen molar-refractivity contribution in [2.45, 2.75) is 22.3 Å². The summed E-state index contributed by atoms with van der Waals surface area (Å²) in [4.78, 5) is 0.171. The molecule has 1 fully saturated rings. The summed E-state index contributed by atoms with van der Waals surface area (Å²) in [6.45, 7) is 3.17. The zero-order valence-electron chi connectivity index (χ0n) is 13.5. The Balaban J connectivity index is 1.85. The zero-order valence-corrected chi connectivity index (χ0v) is 15.1. The van der Waals surface area contributed by atoms with Crippen LogP contribution in [0.1, 0.15) is 6.92 Å². The number of ether oxygens (including phenoxy) is 1. The average molecular weight is 380 g/mol. The Morgan fingerprint density at radius 1 is 1.32 bits per heavy atom. The Hall–Kier alpha value is -1.93. The summed E-state index contributed by atoms with van der Waals surface area (Å²) in [7, 11) is -3.59. The fourth-order valence-electron chi connectivity index (χ4n) is 2.28. The van der Waals surface area contributed by atoms with E-state index in [2.05, 4.69) is 16.3 Å². The largest absolute Gasteiger partial charge is 0.411 e. The molecule has 3 rings (SSSR count). The fourth-order valence-corrected chi connectivity index (χ4v) is 4.30. The van der Waals surface area contributed by atoms with Gasteiger partial charge in [0.1, 0.15) is 0 Å². The van der Waals surface area contributed by atoms with Crippen molar-refractivity contribution in [1.29, 1.82) is 5.26 Å². The molecule has 1 aromatic carbocycles. The van der Waals surface area contributed by atoms with Gasteiger partial charge in [-0.25, -0.2) is 8.42 Å². The summed E-state index contributed by atoms with van der Waals surface area (Å²) in [5.74, 6) is 0.215. The summed E-state index contributed by atoms with van der Waals surface area (Å²) in [5, 5.41) is 16.6. The van der Waals surface area contributed by atoms with Crippen molar-refractivity contribution in [2.24, 2.45) is 0 Å². The van der Waals surface area contributed by atoms with Gasteiger partial charge >= 0.3 is 0 Å². The third-order valence-corrected chi connectivity index (χ3v) is 6.27. The molecule has 25 heavy (non-hydrogen) atoms. The molecule has 1 aliphatic heterocycles. The molecule has 2 aromatic rings. The average Bonchev–Trinajstić information content (AvgIpc) is 3.11. The van der Waals surface area contributed by atoms with E-state index < -0.39 is 10.0 Å². The molecule has 0 amide bonds. The van der Waals surface area contributed by atoms with Crippen LogP contribution in [0.5, 0.6) is 0 Å². The molecule has 0 N–H and O–H groups in total. The number of rotatable bonds is 5. The number of aromatic nitrogens is 2. The van der Waals surface area contributed by atoms with Crippen LogP contribution in [0.4, 0.5) is 0 Å². The minimum absolute atomic E-state index is 0.171. The lowest BCUT2D eigenvalue weighted by Crippen LogP contribution is -2.40. The molecule has 1 atom stereocenters. The van der Waals surface area contributed by atoms with Crippen LogP contribution in [0, 0.1) is 11.3 Å². The van der Waals surface area contributed by atoms with Crippen molar-refractivity contribution in [3.63, 3.8) is 0 Å². The zero-order chi connectivity index (χ0) is 17.9. The molecule has 8 nitrogen and oxygen atoms in total. The van der Waals surface area contributed by atoms with E-state index in [1.165, 1.54) is 16.4 Å². The lowest BCUT2D eigenvalue weighted by atomic mass is 10.2. The first-order valence-corrected chi connectivity index (χ1v) is 9.91. The Morgan fingerprint density at radius 3 is 2.80 bits per heavy atom. The predicted octanol–water partition coefficient (Wildman–Crippen LogP) is 1.76. The Labute approximate surface area is 149 Å². The van der Waals surface area contributed by atoms with Gasteiger partial charge in [-0.15, -0.1) is 10.2 Å². The molecule has 0 radical (unpaired) electrons. The number of hydrogen-bond acceptors (Lipinski definition) is 8. The fraction of sp³-hybridized carbons (Fsp3) is 0.400. The van der Waals surface area contributed by atoms with Crippen LogP contribution < -0.4 is 0 Å². The van der Waals surface area contributed by atoms with E-state index in [-0.39, 0.29) is 21.3 Å². The van der Waals surface area contributed by atoms with Crippen LogP contribution in [-0.4, -0.2) is 54.5 Å². The number of benzene rings is 1. The van der Waals surface area contributed by atoms with E-state index in [1.54, 1.807) is 19.1 Å². The summed E-state index contributed by atoms with van der Waals surface area (Å²) < 4.78 is 37.6. The SMILES string of the molecule is C[C@@H](C#N)Sc1nnc(-c2cccc(S(=O)(=O)N3CCOCC3)c2)o1. The number of nitriles is 1. The maximum atomic E-state index is 12.7. The van der Waals surface area contributed by atoms with E-state index in [1.807, 2.05) is 0 Å². The van der Waals surface area contributed by atoms with Crippen molar-refractivity contribution in [1.82, 2.24) is 14.5 Å². The molecule has 0 unspecified atom stereocenters. The van der Waals surface area contributed by atoms with Crippen LogP contribution >= 0.6 is 11.8 Å². The van der Waals surface area contributed by atoms with Gasteiger partial charge in [0.25, 0.3) is 5.22 Å². The summed E-state index contributed by atoms with van der Waals surface area (Å²) in [5.41, 5.74) is 0.512. The minimum atomic E-state index is -3.59. The standard InChI is InChI=1S/C15H16N4O4S2/c1-11(10-16)24-15-18-17-14(23-15)12-3-2-4-13(9-12)25(20,21)19-5-7-22-8-6-19/h2-4,9,11H,5-8H2,1H3/t11-/m0/s1. The molecule has 0 bridgehead atoms. The van der Waals surface area contributed by atoms with E-state index in [0.29, 0.717) is 31.9 Å². The number of hydrogen-bond donors (Lipinski definition) is 0. The molecule has 2 heterocycles. The first kappa shape index (κ1) is 17.9. The third kappa shape index (κ3) is 4.01. The molecular weight excluding hydrogens is 364 g/mol. The number of sulfonamides is 1. The van der Waals surface area contributed by atoms with Crippen molar-refractivity contribution in [2.75, 3.05) is 26.3 Å². The summed E-state index contributed by atoms with van der Waals surface area (Å²) >= 11 is 1.15. The first-order valence-electron chi connectivity index (χ1n) is 7.59. The molecule has 0 aliphatic carbocycles. The van der Waals surface area contributed by atoms with Gasteiger partial charge in [-0.2, -0.15) is 9.57 Å². The number of thioether (sulfide) groups is 1. The maximum absolute atomic E-state index is 12.7. The van der Waals surface area contributed by atoms with Gasteiger partial charge in [0, 0.05) is 18.7 Å². The maximum Gasteiger partial charge on any atom is 0.278 e. The van der Waals surface area contributed by atoms with Crippen LogP contribution in [0.25, 0.3) is 11.5 Å². The van der Waals surface area contributed by atoms with Gasteiger partial charge in [0.05, 0.1) is 29.4 Å². The number of morpholine rings is 1. The van der Waals surface area contributed by atoms with Gasteiger partial charge in [-0.3, -0.25) is 0 Å². The highest BCUT2D eigenvalue weighted by atomic mass is 32.2. The molecule has 0 spiro atoms. The minimum Gasteiger partial charge on any atom is -0.411 e. The number of nitrogens with zero attached hydrogens (tertiary/aromatic N) is 4. The summed E-state index contributed by atoms with van der Waals surface area (Å²) in [6.07, 6.45) is 0. The van der Waals surface area contributed by atoms with Crippen LogP contribution in [-0.2, 0) is 14.8 Å². The highest BCUT2D eigenvalue weighted by Gasteiger charge is 2.27. The normalized spacial score (nSPS) is 17.1. The molecular formula is C15H16N4O4S2. The van der Waals surface area contributed by atoms with E-state index in [0.717, 1.165) is 11.8 Å². The van der Waals surface area contributed by atoms with Gasteiger partial charge in [0.15, 0.2) is 0 Å². The second-order valence-electron chi connectivity index (χ2n) is 5.31.